The molecule has 3 rings (SSSR count). The first kappa shape index (κ1) is 14.3. The first-order chi connectivity index (χ1) is 9.97. The number of aromatic amines is 1. The molecule has 1 aromatic heterocycles. The average molecular weight is 308 g/mol. The molecular weight excluding hydrogens is 291 g/mol. The van der Waals surface area contributed by atoms with Gasteiger partial charge in [0.2, 0.25) is 0 Å². The summed E-state index contributed by atoms with van der Waals surface area (Å²) < 4.78 is 15.4. The standard InChI is InChI=1S/C14H17FN4OS/c1-7-5-12(10(8(2)16)6-11(7)15)21-14-18-17-13(20)19(14)9-3-4-9/h5-6,8-9H,3-4,16H2,1-2H3,(H,17,20)/t8-/m1/s1. The van der Waals surface area contributed by atoms with Crippen LogP contribution < -0.4 is 11.4 Å². The van der Waals surface area contributed by atoms with Gasteiger partial charge >= 0.3 is 5.69 Å². The maximum absolute atomic E-state index is 13.7. The summed E-state index contributed by atoms with van der Waals surface area (Å²) in [6.45, 7) is 3.52. The highest BCUT2D eigenvalue weighted by atomic mass is 32.2. The first-order valence-electron chi connectivity index (χ1n) is 6.87. The second kappa shape index (κ2) is 5.31. The van der Waals surface area contributed by atoms with Crippen LogP contribution in [0, 0.1) is 12.7 Å². The van der Waals surface area contributed by atoms with Crippen LogP contribution in [-0.4, -0.2) is 14.8 Å². The average Bonchev–Trinajstić information content (AvgIpc) is 3.18. The summed E-state index contributed by atoms with van der Waals surface area (Å²) >= 11 is 1.36. The van der Waals surface area contributed by atoms with E-state index < -0.39 is 0 Å². The largest absolute Gasteiger partial charge is 0.344 e. The number of nitrogens with zero attached hydrogens (tertiary/aromatic N) is 2. The van der Waals surface area contributed by atoms with Gasteiger partial charge in [-0.1, -0.05) is 0 Å². The molecule has 1 aliphatic rings. The number of benzene rings is 1. The van der Waals surface area contributed by atoms with Crippen LogP contribution >= 0.6 is 11.8 Å². The maximum Gasteiger partial charge on any atom is 0.344 e. The number of halogens is 1. The fourth-order valence-corrected chi connectivity index (χ4v) is 3.45. The van der Waals surface area contributed by atoms with Gasteiger partial charge in [0, 0.05) is 17.0 Å². The summed E-state index contributed by atoms with van der Waals surface area (Å²) in [6.07, 6.45) is 1.99. The summed E-state index contributed by atoms with van der Waals surface area (Å²) in [4.78, 5) is 12.6. The number of aromatic nitrogens is 3. The second-order valence-electron chi connectivity index (χ2n) is 5.44. The molecule has 112 valence electrons. The van der Waals surface area contributed by atoms with Crippen molar-refractivity contribution in [2.75, 3.05) is 0 Å². The van der Waals surface area contributed by atoms with Crippen molar-refractivity contribution in [3.05, 3.63) is 39.6 Å². The number of nitrogens with one attached hydrogen (secondary N) is 1. The zero-order valence-electron chi connectivity index (χ0n) is 11.9. The lowest BCUT2D eigenvalue weighted by molar-refractivity contribution is 0.609. The predicted octanol–water partition coefficient (Wildman–Crippen LogP) is 2.52. The Bertz CT molecular complexity index is 733. The Morgan fingerprint density at radius 1 is 1.52 bits per heavy atom. The molecule has 21 heavy (non-hydrogen) atoms. The lowest BCUT2D eigenvalue weighted by atomic mass is 10.1. The highest BCUT2D eigenvalue weighted by Gasteiger charge is 2.29. The monoisotopic (exact) mass is 308 g/mol. The SMILES string of the molecule is Cc1cc(Sc2n[nH]c(=O)n2C2CC2)c([C@@H](C)N)cc1F. The third-order valence-corrected chi connectivity index (χ3v) is 4.61. The zero-order valence-corrected chi connectivity index (χ0v) is 12.7. The Hall–Kier alpha value is -1.60. The van der Waals surface area contributed by atoms with E-state index in [0.717, 1.165) is 23.3 Å². The van der Waals surface area contributed by atoms with Gasteiger partial charge in [-0.05, 0) is 61.7 Å². The molecule has 0 aliphatic heterocycles. The van der Waals surface area contributed by atoms with Crippen molar-refractivity contribution in [1.82, 2.24) is 14.8 Å². The van der Waals surface area contributed by atoms with Crippen LogP contribution in [0.15, 0.2) is 27.0 Å². The number of rotatable bonds is 4. The van der Waals surface area contributed by atoms with Crippen LogP contribution in [0.25, 0.3) is 0 Å². The van der Waals surface area contributed by atoms with Crippen LogP contribution in [0.2, 0.25) is 0 Å². The Balaban J connectivity index is 2.02. The van der Waals surface area contributed by atoms with Gasteiger partial charge in [0.05, 0.1) is 0 Å². The van der Waals surface area contributed by atoms with Gasteiger partial charge < -0.3 is 5.73 Å². The predicted molar refractivity (Wildman–Crippen MR) is 79.0 cm³/mol. The molecule has 1 fully saturated rings. The van der Waals surface area contributed by atoms with E-state index in [4.69, 9.17) is 5.73 Å². The first-order valence-corrected chi connectivity index (χ1v) is 7.69. The van der Waals surface area contributed by atoms with Crippen LogP contribution in [-0.2, 0) is 0 Å². The van der Waals surface area contributed by atoms with Crippen LogP contribution in [0.1, 0.15) is 43.0 Å². The third-order valence-electron chi connectivity index (χ3n) is 3.57. The maximum atomic E-state index is 13.7. The Kier molecular flexibility index (Phi) is 3.62. The minimum atomic E-state index is -0.289. The molecule has 2 aromatic rings. The van der Waals surface area contributed by atoms with Gasteiger partial charge in [-0.2, -0.15) is 0 Å². The smallest absolute Gasteiger partial charge is 0.324 e. The van der Waals surface area contributed by atoms with Gasteiger partial charge in [-0.3, -0.25) is 4.57 Å². The van der Waals surface area contributed by atoms with E-state index in [9.17, 15) is 9.18 Å². The molecule has 1 aliphatic carbocycles. The molecule has 7 heteroatoms. The van der Waals surface area contributed by atoms with Gasteiger partial charge in [-0.15, -0.1) is 5.10 Å². The summed E-state index contributed by atoms with van der Waals surface area (Å²) in [7, 11) is 0. The van der Waals surface area contributed by atoms with Crippen molar-refractivity contribution in [3.63, 3.8) is 0 Å². The van der Waals surface area contributed by atoms with Crippen molar-refractivity contribution in [2.24, 2.45) is 5.73 Å². The van der Waals surface area contributed by atoms with E-state index >= 15 is 0 Å². The van der Waals surface area contributed by atoms with E-state index in [0.29, 0.717) is 10.7 Å². The van der Waals surface area contributed by atoms with E-state index in [2.05, 4.69) is 10.2 Å². The summed E-state index contributed by atoms with van der Waals surface area (Å²) in [5.74, 6) is -0.270. The molecule has 1 aromatic carbocycles. The Morgan fingerprint density at radius 3 is 2.86 bits per heavy atom. The van der Waals surface area contributed by atoms with E-state index in [1.165, 1.54) is 17.8 Å². The van der Waals surface area contributed by atoms with Crippen molar-refractivity contribution < 1.29 is 4.39 Å². The molecular formula is C14H17FN4OS. The van der Waals surface area contributed by atoms with Crippen molar-refractivity contribution in [2.45, 2.75) is 48.8 Å². The second-order valence-corrected chi connectivity index (χ2v) is 6.45. The number of hydrogen-bond donors (Lipinski definition) is 2. The molecule has 0 spiro atoms. The molecule has 0 bridgehead atoms. The van der Waals surface area contributed by atoms with E-state index in [1.807, 2.05) is 6.92 Å². The summed E-state index contributed by atoms with van der Waals surface area (Å²) in [5, 5.41) is 7.17. The van der Waals surface area contributed by atoms with Gasteiger partial charge in [0.15, 0.2) is 5.16 Å². The third kappa shape index (κ3) is 2.75. The minimum Gasteiger partial charge on any atom is -0.324 e. The fourth-order valence-electron chi connectivity index (χ4n) is 2.23. The van der Waals surface area contributed by atoms with Gasteiger partial charge in [0.25, 0.3) is 0 Å². The normalized spacial score (nSPS) is 16.2. The fraction of sp³-hybridized carbons (Fsp3) is 0.429. The van der Waals surface area contributed by atoms with Crippen molar-refractivity contribution in [1.29, 1.82) is 0 Å². The quantitative estimate of drug-likeness (QED) is 0.910. The molecule has 1 saturated carbocycles. The summed E-state index contributed by atoms with van der Waals surface area (Å²) in [5.41, 5.74) is 7.01. The molecule has 0 radical (unpaired) electrons. The van der Waals surface area contributed by atoms with Crippen molar-refractivity contribution >= 4 is 11.8 Å². The lowest BCUT2D eigenvalue weighted by Crippen LogP contribution is -2.16. The van der Waals surface area contributed by atoms with E-state index in [1.54, 1.807) is 17.6 Å². The van der Waals surface area contributed by atoms with Gasteiger partial charge in [0.1, 0.15) is 5.82 Å². The highest BCUT2D eigenvalue weighted by Crippen LogP contribution is 2.39. The molecule has 3 N–H and O–H groups in total. The van der Waals surface area contributed by atoms with Crippen LogP contribution in [0.4, 0.5) is 4.39 Å². The number of nitrogens with two attached hydrogens (primary N) is 1. The lowest BCUT2D eigenvalue weighted by Gasteiger charge is -2.14. The summed E-state index contributed by atoms with van der Waals surface area (Å²) in [6, 6.07) is 3.17. The van der Waals surface area contributed by atoms with E-state index in [-0.39, 0.29) is 23.6 Å². The van der Waals surface area contributed by atoms with Crippen molar-refractivity contribution in [3.8, 4) is 0 Å². The Morgan fingerprint density at radius 2 is 2.24 bits per heavy atom. The number of H-pyrrole nitrogens is 1. The molecule has 1 atom stereocenters. The zero-order chi connectivity index (χ0) is 15.1. The molecule has 0 amide bonds. The Labute approximate surface area is 125 Å². The number of aryl methyl sites for hydroxylation is 1. The molecule has 0 saturated heterocycles. The van der Waals surface area contributed by atoms with Gasteiger partial charge in [-0.25, -0.2) is 14.3 Å². The number of hydrogen-bond acceptors (Lipinski definition) is 4. The van der Waals surface area contributed by atoms with Crippen LogP contribution in [0.5, 0.6) is 0 Å². The topological polar surface area (TPSA) is 76.7 Å². The minimum absolute atomic E-state index is 0.193. The molecule has 1 heterocycles. The van der Waals surface area contributed by atoms with Crippen LogP contribution in [0.3, 0.4) is 0 Å². The molecule has 0 unspecified atom stereocenters. The molecule has 5 nitrogen and oxygen atoms in total. The highest BCUT2D eigenvalue weighted by molar-refractivity contribution is 7.99.